The summed E-state index contributed by atoms with van der Waals surface area (Å²) < 4.78 is 10.8. The molecule has 1 aliphatic rings. The number of alkyl carbamates (subject to hydrolysis) is 1. The van der Waals surface area contributed by atoms with Gasteiger partial charge in [0.05, 0.1) is 12.1 Å². The molecular formula is C17H32N2O4. The van der Waals surface area contributed by atoms with Crippen LogP contribution in [0.4, 0.5) is 4.79 Å². The number of carbonyl (C=O) groups excluding carboxylic acids is 2. The van der Waals surface area contributed by atoms with E-state index in [1.54, 1.807) is 0 Å². The molecule has 1 saturated heterocycles. The third-order valence-corrected chi connectivity index (χ3v) is 3.74. The molecule has 134 valence electrons. The van der Waals surface area contributed by atoms with Crippen molar-refractivity contribution < 1.29 is 19.1 Å². The summed E-state index contributed by atoms with van der Waals surface area (Å²) in [4.78, 5) is 23.8. The first kappa shape index (κ1) is 19.7. The van der Waals surface area contributed by atoms with Crippen molar-refractivity contribution in [3.8, 4) is 0 Å². The summed E-state index contributed by atoms with van der Waals surface area (Å²) in [5.74, 6) is 0.193. The van der Waals surface area contributed by atoms with Gasteiger partial charge < -0.3 is 20.1 Å². The molecule has 0 spiro atoms. The highest BCUT2D eigenvalue weighted by Crippen LogP contribution is 2.16. The summed E-state index contributed by atoms with van der Waals surface area (Å²) >= 11 is 0. The van der Waals surface area contributed by atoms with E-state index in [1.165, 1.54) is 0 Å². The maximum absolute atomic E-state index is 11.9. The number of amides is 2. The zero-order valence-electron chi connectivity index (χ0n) is 15.1. The van der Waals surface area contributed by atoms with Gasteiger partial charge in [0, 0.05) is 19.6 Å². The second-order valence-electron chi connectivity index (χ2n) is 7.47. The predicted octanol–water partition coefficient (Wildman–Crippen LogP) is 2.61. The van der Waals surface area contributed by atoms with Crippen molar-refractivity contribution in [2.45, 2.75) is 78.0 Å². The first-order chi connectivity index (χ1) is 10.7. The van der Waals surface area contributed by atoms with Crippen LogP contribution in [0.25, 0.3) is 0 Å². The fourth-order valence-electron chi connectivity index (χ4n) is 2.39. The van der Waals surface area contributed by atoms with Crippen LogP contribution in [0.2, 0.25) is 0 Å². The summed E-state index contributed by atoms with van der Waals surface area (Å²) in [5.41, 5.74) is -0.532. The quantitative estimate of drug-likeness (QED) is 0.753. The molecule has 2 N–H and O–H groups in total. The van der Waals surface area contributed by atoms with Crippen LogP contribution in [-0.4, -0.2) is 42.9 Å². The lowest BCUT2D eigenvalue weighted by Gasteiger charge is -2.26. The highest BCUT2D eigenvalue weighted by molar-refractivity contribution is 5.76. The van der Waals surface area contributed by atoms with E-state index in [-0.39, 0.29) is 24.0 Å². The Labute approximate surface area is 139 Å². The summed E-state index contributed by atoms with van der Waals surface area (Å²) in [6, 6.07) is -0.156. The van der Waals surface area contributed by atoms with Gasteiger partial charge in [0.2, 0.25) is 5.91 Å². The minimum Gasteiger partial charge on any atom is -0.444 e. The lowest BCUT2D eigenvalue weighted by atomic mass is 10.0. The van der Waals surface area contributed by atoms with Crippen LogP contribution in [-0.2, 0) is 14.3 Å². The van der Waals surface area contributed by atoms with Crippen LogP contribution in [0.3, 0.4) is 0 Å². The number of rotatable bonds is 7. The van der Waals surface area contributed by atoms with Gasteiger partial charge in [-0.2, -0.15) is 0 Å². The molecule has 2 amide bonds. The van der Waals surface area contributed by atoms with Crippen molar-refractivity contribution in [3.63, 3.8) is 0 Å². The Morgan fingerprint density at radius 2 is 2.00 bits per heavy atom. The molecule has 23 heavy (non-hydrogen) atoms. The largest absolute Gasteiger partial charge is 0.444 e. The van der Waals surface area contributed by atoms with Crippen LogP contribution < -0.4 is 10.6 Å². The van der Waals surface area contributed by atoms with E-state index in [4.69, 9.17) is 9.47 Å². The molecule has 0 bridgehead atoms. The second kappa shape index (κ2) is 9.11. The molecule has 0 radical (unpaired) electrons. The molecule has 0 saturated carbocycles. The average molecular weight is 328 g/mol. The van der Waals surface area contributed by atoms with Gasteiger partial charge in [0.15, 0.2) is 0 Å². The van der Waals surface area contributed by atoms with Crippen molar-refractivity contribution >= 4 is 12.0 Å². The Morgan fingerprint density at radius 3 is 2.52 bits per heavy atom. The molecule has 1 rings (SSSR count). The molecule has 1 fully saturated rings. The standard InChI is InChI=1S/C17H32N2O4/c1-12(2)14(19-16(21)23-17(3,4)5)11-18-15(20)9-8-13-7-6-10-22-13/h12-14H,6-11H2,1-5H3,(H,18,20)(H,19,21)/t13-,14+/m0/s1. The number of ether oxygens (including phenoxy) is 2. The first-order valence-electron chi connectivity index (χ1n) is 8.55. The van der Waals surface area contributed by atoms with E-state index < -0.39 is 11.7 Å². The number of carbonyl (C=O) groups is 2. The van der Waals surface area contributed by atoms with E-state index >= 15 is 0 Å². The van der Waals surface area contributed by atoms with Crippen LogP contribution in [0.1, 0.15) is 60.3 Å². The minimum absolute atomic E-state index is 0.00265. The van der Waals surface area contributed by atoms with Gasteiger partial charge in [0.1, 0.15) is 5.60 Å². The Kier molecular flexibility index (Phi) is 7.82. The van der Waals surface area contributed by atoms with Gasteiger partial charge in [0.25, 0.3) is 0 Å². The maximum Gasteiger partial charge on any atom is 0.407 e. The minimum atomic E-state index is -0.532. The van der Waals surface area contributed by atoms with E-state index in [0.29, 0.717) is 13.0 Å². The molecule has 0 aliphatic carbocycles. The molecule has 0 aromatic rings. The van der Waals surface area contributed by atoms with E-state index in [9.17, 15) is 9.59 Å². The van der Waals surface area contributed by atoms with Gasteiger partial charge in [-0.25, -0.2) is 4.79 Å². The van der Waals surface area contributed by atoms with Crippen LogP contribution in [0.15, 0.2) is 0 Å². The van der Waals surface area contributed by atoms with Crippen molar-refractivity contribution in [2.24, 2.45) is 5.92 Å². The number of nitrogens with one attached hydrogen (secondary N) is 2. The average Bonchev–Trinajstić information content (AvgIpc) is 2.92. The molecule has 0 aromatic heterocycles. The number of hydrogen-bond donors (Lipinski definition) is 2. The van der Waals surface area contributed by atoms with Gasteiger partial charge in [-0.3, -0.25) is 4.79 Å². The van der Waals surface area contributed by atoms with E-state index in [2.05, 4.69) is 10.6 Å². The molecule has 1 heterocycles. The Bertz CT molecular complexity index is 385. The molecule has 1 aliphatic heterocycles. The molecule has 6 heteroatoms. The molecule has 2 atom stereocenters. The third kappa shape index (κ3) is 8.79. The molecule has 0 aromatic carbocycles. The summed E-state index contributed by atoms with van der Waals surface area (Å²) in [6.45, 7) is 10.7. The highest BCUT2D eigenvalue weighted by atomic mass is 16.6. The zero-order valence-corrected chi connectivity index (χ0v) is 15.1. The van der Waals surface area contributed by atoms with Crippen molar-refractivity contribution in [3.05, 3.63) is 0 Å². The lowest BCUT2D eigenvalue weighted by molar-refractivity contribution is -0.121. The smallest absolute Gasteiger partial charge is 0.407 e. The van der Waals surface area contributed by atoms with E-state index in [1.807, 2.05) is 34.6 Å². The second-order valence-corrected chi connectivity index (χ2v) is 7.47. The van der Waals surface area contributed by atoms with Gasteiger partial charge >= 0.3 is 6.09 Å². The molecular weight excluding hydrogens is 296 g/mol. The monoisotopic (exact) mass is 328 g/mol. The van der Waals surface area contributed by atoms with Gasteiger partial charge in [-0.1, -0.05) is 13.8 Å². The van der Waals surface area contributed by atoms with Gasteiger partial charge in [-0.15, -0.1) is 0 Å². The fraction of sp³-hybridized carbons (Fsp3) is 0.882. The molecule has 0 unspecified atom stereocenters. The van der Waals surface area contributed by atoms with Gasteiger partial charge in [-0.05, 0) is 46.0 Å². The Hall–Kier alpha value is -1.30. The molecule has 6 nitrogen and oxygen atoms in total. The van der Waals surface area contributed by atoms with Crippen LogP contribution >= 0.6 is 0 Å². The fourth-order valence-corrected chi connectivity index (χ4v) is 2.39. The van der Waals surface area contributed by atoms with Crippen molar-refractivity contribution in [2.75, 3.05) is 13.2 Å². The summed E-state index contributed by atoms with van der Waals surface area (Å²) in [6.07, 6.45) is 3.12. The normalized spacial score (nSPS) is 19.5. The van der Waals surface area contributed by atoms with Crippen LogP contribution in [0, 0.1) is 5.92 Å². The third-order valence-electron chi connectivity index (χ3n) is 3.74. The Balaban J connectivity index is 2.31. The van der Waals surface area contributed by atoms with E-state index in [0.717, 1.165) is 25.9 Å². The topological polar surface area (TPSA) is 76.7 Å². The van der Waals surface area contributed by atoms with Crippen molar-refractivity contribution in [1.82, 2.24) is 10.6 Å². The highest BCUT2D eigenvalue weighted by Gasteiger charge is 2.22. The lowest BCUT2D eigenvalue weighted by Crippen LogP contribution is -2.48. The maximum atomic E-state index is 11.9. The summed E-state index contributed by atoms with van der Waals surface area (Å²) in [7, 11) is 0. The first-order valence-corrected chi connectivity index (χ1v) is 8.55. The predicted molar refractivity (Wildman–Crippen MR) is 89.2 cm³/mol. The zero-order chi connectivity index (χ0) is 17.5. The number of hydrogen-bond acceptors (Lipinski definition) is 4. The van der Waals surface area contributed by atoms with Crippen molar-refractivity contribution in [1.29, 1.82) is 0 Å². The SMILES string of the molecule is CC(C)[C@@H](CNC(=O)CC[C@@H]1CCCO1)NC(=O)OC(C)(C)C. The summed E-state index contributed by atoms with van der Waals surface area (Å²) in [5, 5.41) is 5.72. The Morgan fingerprint density at radius 1 is 1.30 bits per heavy atom. The van der Waals surface area contributed by atoms with Crippen LogP contribution in [0.5, 0.6) is 0 Å².